The van der Waals surface area contributed by atoms with Gasteiger partial charge in [0, 0.05) is 18.7 Å². The van der Waals surface area contributed by atoms with Crippen molar-refractivity contribution in [2.75, 3.05) is 0 Å². The number of hydrogen-bond acceptors (Lipinski definition) is 1. The van der Waals surface area contributed by atoms with Crippen LogP contribution in [0.5, 0.6) is 0 Å². The summed E-state index contributed by atoms with van der Waals surface area (Å²) in [5, 5.41) is 0. The molecule has 96 valence electrons. The van der Waals surface area contributed by atoms with E-state index in [1.165, 1.54) is 11.6 Å². The van der Waals surface area contributed by atoms with Crippen LogP contribution in [0.15, 0.2) is 48.8 Å². The minimum absolute atomic E-state index is 0.479. The van der Waals surface area contributed by atoms with Crippen molar-refractivity contribution in [1.29, 1.82) is 0 Å². The van der Waals surface area contributed by atoms with Crippen molar-refractivity contribution in [1.82, 2.24) is 9.55 Å². The quantitative estimate of drug-likeness (QED) is 0.702. The molecule has 1 heterocycles. The molecule has 2 aromatic carbocycles. The molecule has 19 heavy (non-hydrogen) atoms. The van der Waals surface area contributed by atoms with E-state index in [0.29, 0.717) is 17.6 Å². The molecule has 0 amide bonds. The lowest BCUT2D eigenvalue weighted by Gasteiger charge is -2.04. The lowest BCUT2D eigenvalue weighted by molar-refractivity contribution is 0.510. The molecule has 0 aliphatic rings. The average Bonchev–Trinajstić information content (AvgIpc) is 2.80. The highest BCUT2D eigenvalue weighted by molar-refractivity contribution is 5.75. The van der Waals surface area contributed by atoms with Gasteiger partial charge in [-0.05, 0) is 12.0 Å². The summed E-state index contributed by atoms with van der Waals surface area (Å²) in [6.07, 6.45) is 2.44. The van der Waals surface area contributed by atoms with Crippen LogP contribution in [0.25, 0.3) is 11.0 Å². The van der Waals surface area contributed by atoms with Crippen molar-refractivity contribution >= 4 is 11.0 Å². The summed E-state index contributed by atoms with van der Waals surface area (Å²) in [6, 6.07) is 12.3. The Morgan fingerprint density at radius 3 is 2.53 bits per heavy atom. The van der Waals surface area contributed by atoms with Gasteiger partial charge in [0.25, 0.3) is 0 Å². The molecule has 3 rings (SSSR count). The minimum Gasteiger partial charge on any atom is -0.330 e. The van der Waals surface area contributed by atoms with Gasteiger partial charge in [0.15, 0.2) is 11.6 Å². The van der Waals surface area contributed by atoms with E-state index in [-0.39, 0.29) is 0 Å². The Hall–Kier alpha value is -2.23. The van der Waals surface area contributed by atoms with E-state index in [1.807, 2.05) is 34.9 Å². The summed E-state index contributed by atoms with van der Waals surface area (Å²) < 4.78 is 28.2. The lowest BCUT2D eigenvalue weighted by Crippen LogP contribution is -2.00. The highest BCUT2D eigenvalue weighted by Crippen LogP contribution is 2.17. The summed E-state index contributed by atoms with van der Waals surface area (Å²) in [5.74, 6) is -1.70. The topological polar surface area (TPSA) is 17.8 Å². The van der Waals surface area contributed by atoms with Crippen LogP contribution in [0.2, 0.25) is 0 Å². The number of benzene rings is 2. The molecule has 0 N–H and O–H groups in total. The number of rotatable bonds is 3. The molecular formula is C15H12F2N2. The number of aryl methyl sites for hydroxylation is 2. The number of hydrogen-bond donors (Lipinski definition) is 0. The van der Waals surface area contributed by atoms with Gasteiger partial charge in [0.2, 0.25) is 0 Å². The SMILES string of the molecule is Fc1cc2ncn(CCc3ccccc3)c2cc1F. The molecule has 0 aliphatic heterocycles. The predicted molar refractivity (Wildman–Crippen MR) is 69.8 cm³/mol. The molecule has 0 aliphatic carbocycles. The largest absolute Gasteiger partial charge is 0.330 e. The van der Waals surface area contributed by atoms with Gasteiger partial charge in [-0.2, -0.15) is 0 Å². The number of nitrogens with zero attached hydrogens (tertiary/aromatic N) is 2. The molecule has 0 spiro atoms. The first-order chi connectivity index (χ1) is 9.24. The van der Waals surface area contributed by atoms with E-state index >= 15 is 0 Å². The molecule has 0 radical (unpaired) electrons. The van der Waals surface area contributed by atoms with Gasteiger partial charge in [-0.15, -0.1) is 0 Å². The van der Waals surface area contributed by atoms with Crippen LogP contribution in [0.1, 0.15) is 5.56 Å². The molecule has 2 nitrogen and oxygen atoms in total. The smallest absolute Gasteiger partial charge is 0.161 e. The van der Waals surface area contributed by atoms with Crippen LogP contribution in [0.3, 0.4) is 0 Å². The Morgan fingerprint density at radius 1 is 1.00 bits per heavy atom. The van der Waals surface area contributed by atoms with E-state index in [2.05, 4.69) is 4.98 Å². The zero-order chi connectivity index (χ0) is 13.2. The molecule has 0 atom stereocenters. The minimum atomic E-state index is -0.860. The monoisotopic (exact) mass is 258 g/mol. The van der Waals surface area contributed by atoms with Crippen molar-refractivity contribution in [3.05, 3.63) is 66.0 Å². The van der Waals surface area contributed by atoms with Gasteiger partial charge < -0.3 is 4.57 Å². The molecule has 1 aromatic heterocycles. The van der Waals surface area contributed by atoms with Crippen molar-refractivity contribution in [2.45, 2.75) is 13.0 Å². The van der Waals surface area contributed by atoms with E-state index < -0.39 is 11.6 Å². The molecule has 3 aromatic rings. The van der Waals surface area contributed by atoms with Crippen LogP contribution in [0, 0.1) is 11.6 Å². The van der Waals surface area contributed by atoms with E-state index in [1.54, 1.807) is 6.33 Å². The Balaban J connectivity index is 1.87. The first kappa shape index (κ1) is 11.8. The van der Waals surface area contributed by atoms with Crippen molar-refractivity contribution in [3.63, 3.8) is 0 Å². The van der Waals surface area contributed by atoms with E-state index in [4.69, 9.17) is 0 Å². The fourth-order valence-corrected chi connectivity index (χ4v) is 2.13. The third-order valence-electron chi connectivity index (χ3n) is 3.15. The summed E-state index contributed by atoms with van der Waals surface area (Å²) in [6.45, 7) is 0.686. The van der Waals surface area contributed by atoms with Crippen LogP contribution < -0.4 is 0 Å². The zero-order valence-electron chi connectivity index (χ0n) is 10.2. The standard InChI is InChI=1S/C15H12F2N2/c16-12-8-14-15(9-13(12)17)19(10-18-14)7-6-11-4-2-1-3-5-11/h1-5,8-10H,6-7H2. The summed E-state index contributed by atoms with van der Waals surface area (Å²) in [7, 11) is 0. The lowest BCUT2D eigenvalue weighted by atomic mass is 10.1. The Kier molecular flexibility index (Phi) is 2.99. The summed E-state index contributed by atoms with van der Waals surface area (Å²) >= 11 is 0. The fourth-order valence-electron chi connectivity index (χ4n) is 2.13. The number of fused-ring (bicyclic) bond motifs is 1. The van der Waals surface area contributed by atoms with Crippen LogP contribution in [0.4, 0.5) is 8.78 Å². The van der Waals surface area contributed by atoms with Crippen LogP contribution in [-0.2, 0) is 13.0 Å². The van der Waals surface area contributed by atoms with Crippen molar-refractivity contribution in [3.8, 4) is 0 Å². The fraction of sp³-hybridized carbons (Fsp3) is 0.133. The Morgan fingerprint density at radius 2 is 1.74 bits per heavy atom. The molecule has 0 unspecified atom stereocenters. The predicted octanol–water partition coefficient (Wildman–Crippen LogP) is 3.56. The van der Waals surface area contributed by atoms with Gasteiger partial charge >= 0.3 is 0 Å². The third-order valence-corrected chi connectivity index (χ3v) is 3.15. The number of imidazole rings is 1. The molecule has 4 heteroatoms. The van der Waals surface area contributed by atoms with Crippen molar-refractivity contribution in [2.24, 2.45) is 0 Å². The highest BCUT2D eigenvalue weighted by Gasteiger charge is 2.08. The first-order valence-corrected chi connectivity index (χ1v) is 6.08. The maximum absolute atomic E-state index is 13.3. The molecular weight excluding hydrogens is 246 g/mol. The van der Waals surface area contributed by atoms with Crippen LogP contribution >= 0.6 is 0 Å². The normalized spacial score (nSPS) is 11.1. The van der Waals surface area contributed by atoms with E-state index in [9.17, 15) is 8.78 Å². The van der Waals surface area contributed by atoms with Gasteiger partial charge in [-0.3, -0.25) is 0 Å². The second-order valence-corrected chi connectivity index (χ2v) is 4.43. The highest BCUT2D eigenvalue weighted by atomic mass is 19.2. The second-order valence-electron chi connectivity index (χ2n) is 4.43. The Bertz CT molecular complexity index is 705. The maximum Gasteiger partial charge on any atom is 0.161 e. The van der Waals surface area contributed by atoms with Gasteiger partial charge in [-0.25, -0.2) is 13.8 Å². The zero-order valence-corrected chi connectivity index (χ0v) is 10.2. The molecule has 0 bridgehead atoms. The number of halogens is 2. The third kappa shape index (κ3) is 2.34. The molecule has 0 saturated carbocycles. The molecule has 0 fully saturated rings. The van der Waals surface area contributed by atoms with Gasteiger partial charge in [0.1, 0.15) is 0 Å². The van der Waals surface area contributed by atoms with Crippen molar-refractivity contribution < 1.29 is 8.78 Å². The second kappa shape index (κ2) is 4.80. The maximum atomic E-state index is 13.3. The average molecular weight is 258 g/mol. The van der Waals surface area contributed by atoms with Gasteiger partial charge in [-0.1, -0.05) is 30.3 Å². The van der Waals surface area contributed by atoms with Crippen LogP contribution in [-0.4, -0.2) is 9.55 Å². The first-order valence-electron chi connectivity index (χ1n) is 6.08. The summed E-state index contributed by atoms with van der Waals surface area (Å²) in [4.78, 5) is 4.09. The van der Waals surface area contributed by atoms with Gasteiger partial charge in [0.05, 0.1) is 17.4 Å². The molecule has 0 saturated heterocycles. The summed E-state index contributed by atoms with van der Waals surface area (Å²) in [5.41, 5.74) is 2.30. The number of aromatic nitrogens is 2. The van der Waals surface area contributed by atoms with E-state index in [0.717, 1.165) is 12.5 Å². The Labute approximate surface area is 109 Å².